The van der Waals surface area contributed by atoms with E-state index >= 15 is 0 Å². The van der Waals surface area contributed by atoms with Gasteiger partial charge in [0.05, 0.1) is 25.4 Å². The van der Waals surface area contributed by atoms with Gasteiger partial charge in [0.2, 0.25) is 12.1 Å². The second-order valence-electron chi connectivity index (χ2n) is 13.2. The maximum atomic E-state index is 12.7. The van der Waals surface area contributed by atoms with Gasteiger partial charge in [0.1, 0.15) is 34.6 Å². The van der Waals surface area contributed by atoms with Gasteiger partial charge in [-0.1, -0.05) is 121 Å². The second kappa shape index (κ2) is 12.9. The number of unbranched alkanes of at least 4 members (excludes halogenated alkanes) is 2. The van der Waals surface area contributed by atoms with Crippen LogP contribution in [0.15, 0.2) is 145 Å². The summed E-state index contributed by atoms with van der Waals surface area (Å²) in [5.74, 6) is -1.69. The van der Waals surface area contributed by atoms with Gasteiger partial charge in [-0.05, 0) is 41.5 Å². The summed E-state index contributed by atoms with van der Waals surface area (Å²) in [5.41, 5.74) is 2.15. The number of hydrogen-bond acceptors (Lipinski definition) is 8. The van der Waals surface area contributed by atoms with E-state index in [0.29, 0.717) is 24.7 Å². The number of carbonyl (C=O) groups is 2. The van der Waals surface area contributed by atoms with Crippen molar-refractivity contribution in [1.29, 1.82) is 0 Å². The van der Waals surface area contributed by atoms with E-state index in [1.54, 1.807) is 6.92 Å². The van der Waals surface area contributed by atoms with Crippen LogP contribution in [-0.4, -0.2) is 37.2 Å². The predicted octanol–water partition coefficient (Wildman–Crippen LogP) is 7.29. The first-order chi connectivity index (χ1) is 24.4. The van der Waals surface area contributed by atoms with Crippen LogP contribution < -0.4 is 0 Å². The lowest BCUT2D eigenvalue weighted by molar-refractivity contribution is -0.396. The first kappa shape index (κ1) is 32.0. The van der Waals surface area contributed by atoms with Crippen molar-refractivity contribution in [1.82, 2.24) is 0 Å². The van der Waals surface area contributed by atoms with Gasteiger partial charge in [-0.2, -0.15) is 0 Å². The topological polar surface area (TPSA) is 89.5 Å². The average Bonchev–Trinajstić information content (AvgIpc) is 3.12. The van der Waals surface area contributed by atoms with Crippen LogP contribution in [0.2, 0.25) is 0 Å². The van der Waals surface area contributed by atoms with Crippen LogP contribution in [0.1, 0.15) is 48.4 Å². The number of carbonyl (C=O) groups excluding carboxylic acids is 2. The molecule has 0 amide bonds. The Bertz CT molecular complexity index is 1830. The number of rotatable bonds is 12. The van der Waals surface area contributed by atoms with Gasteiger partial charge >= 0.3 is 11.9 Å². The third kappa shape index (κ3) is 5.30. The Kier molecular flexibility index (Phi) is 8.29. The number of benzene rings is 4. The van der Waals surface area contributed by atoms with Crippen LogP contribution in [0.4, 0.5) is 0 Å². The Morgan fingerprint density at radius 1 is 0.580 bits per heavy atom. The molecule has 2 unspecified atom stereocenters. The van der Waals surface area contributed by atoms with Crippen molar-refractivity contribution in [3.8, 4) is 0 Å². The van der Waals surface area contributed by atoms with Crippen LogP contribution in [-0.2, 0) is 49.2 Å². The minimum Gasteiger partial charge on any atom is -0.497 e. The van der Waals surface area contributed by atoms with Gasteiger partial charge in [0, 0.05) is 6.92 Å². The van der Waals surface area contributed by atoms with E-state index in [9.17, 15) is 9.59 Å². The summed E-state index contributed by atoms with van der Waals surface area (Å²) >= 11 is 0. The van der Waals surface area contributed by atoms with Gasteiger partial charge in [-0.15, -0.1) is 0 Å². The number of hydrogen-bond donors (Lipinski definition) is 0. The molecule has 4 aromatic carbocycles. The molecule has 0 aliphatic carbocycles. The summed E-state index contributed by atoms with van der Waals surface area (Å²) in [7, 11) is 0. The van der Waals surface area contributed by atoms with Gasteiger partial charge in [-0.25, -0.2) is 9.59 Å². The minimum absolute atomic E-state index is 0.320. The lowest BCUT2D eigenvalue weighted by atomic mass is 9.65. The third-order valence-electron chi connectivity index (χ3n) is 10.1. The van der Waals surface area contributed by atoms with Crippen LogP contribution in [0.5, 0.6) is 0 Å². The Morgan fingerprint density at radius 2 is 1.04 bits per heavy atom. The summed E-state index contributed by atoms with van der Waals surface area (Å²) in [4.78, 5) is 25.1. The van der Waals surface area contributed by atoms with Crippen molar-refractivity contribution in [3.05, 3.63) is 167 Å². The summed E-state index contributed by atoms with van der Waals surface area (Å²) < 4.78 is 37.0. The fourth-order valence-electron chi connectivity index (χ4n) is 7.98. The molecular formula is C42H38O8. The van der Waals surface area contributed by atoms with E-state index in [4.69, 9.17) is 28.4 Å². The van der Waals surface area contributed by atoms with Crippen LogP contribution >= 0.6 is 0 Å². The third-order valence-corrected chi connectivity index (χ3v) is 10.1. The summed E-state index contributed by atoms with van der Waals surface area (Å²) in [6, 6.07) is 39.9. The number of esters is 2. The van der Waals surface area contributed by atoms with Crippen molar-refractivity contribution in [2.45, 2.75) is 49.5 Å². The molecule has 0 radical (unpaired) electrons. The van der Waals surface area contributed by atoms with Gasteiger partial charge in [0.15, 0.2) is 0 Å². The Labute approximate surface area is 291 Å². The van der Waals surface area contributed by atoms with Crippen molar-refractivity contribution in [3.63, 3.8) is 0 Å². The van der Waals surface area contributed by atoms with Crippen molar-refractivity contribution < 1.29 is 38.0 Å². The zero-order chi connectivity index (χ0) is 34.2. The van der Waals surface area contributed by atoms with E-state index in [1.165, 1.54) is 12.2 Å². The SMILES string of the molecule is C[C@]12OC(=O)C=C(OCCCCCOC3=CC(=O)OC4OC(c5ccccc5)(c5ccccc5)C34)[C@H]1C(c1ccccc1)(c1ccccc1)O2. The Morgan fingerprint density at radius 3 is 1.56 bits per heavy atom. The molecule has 0 aromatic heterocycles. The maximum Gasteiger partial charge on any atom is 0.336 e. The largest absolute Gasteiger partial charge is 0.497 e. The van der Waals surface area contributed by atoms with Crippen LogP contribution in [0, 0.1) is 11.8 Å². The highest BCUT2D eigenvalue weighted by Gasteiger charge is 2.70. The molecule has 0 bridgehead atoms. The number of ether oxygens (including phenoxy) is 6. The molecular weight excluding hydrogens is 632 g/mol. The van der Waals surface area contributed by atoms with Gasteiger partial charge < -0.3 is 28.4 Å². The monoisotopic (exact) mass is 670 g/mol. The first-order valence-electron chi connectivity index (χ1n) is 17.2. The molecule has 8 rings (SSSR count). The van der Waals surface area contributed by atoms with E-state index in [-0.39, 0.29) is 11.8 Å². The summed E-state index contributed by atoms with van der Waals surface area (Å²) in [5, 5.41) is 0. The molecule has 4 aromatic rings. The fourth-order valence-corrected chi connectivity index (χ4v) is 7.98. The van der Waals surface area contributed by atoms with Crippen LogP contribution in [0.3, 0.4) is 0 Å². The summed E-state index contributed by atoms with van der Waals surface area (Å²) in [6.07, 6.45) is 4.45. The van der Waals surface area contributed by atoms with Crippen LogP contribution in [0.25, 0.3) is 0 Å². The zero-order valence-corrected chi connectivity index (χ0v) is 27.7. The minimum atomic E-state index is -1.16. The smallest absolute Gasteiger partial charge is 0.336 e. The van der Waals surface area contributed by atoms with E-state index in [0.717, 1.165) is 41.5 Å². The summed E-state index contributed by atoms with van der Waals surface area (Å²) in [6.45, 7) is 2.62. The lowest BCUT2D eigenvalue weighted by Crippen LogP contribution is -2.69. The van der Waals surface area contributed by atoms with E-state index in [2.05, 4.69) is 0 Å². The molecule has 4 aliphatic rings. The molecule has 2 fully saturated rings. The first-order valence-corrected chi connectivity index (χ1v) is 17.2. The standard InChI is InChI=1S/C42H38O8/c1-40-38(42(50-40,31-21-11-4-12-22-31)32-23-13-5-14-24-32)34(28-36(44)48-40)46-26-16-6-15-25-45-33-27-35(43)47-39-37(33)41(49-39,29-17-7-2-8-18-29)30-19-9-3-10-20-30/h2-5,7-14,17-24,27-28,37-39H,6,15-16,25-26H2,1H3/t37?,38-,39?,40-/m1/s1. The number of fused-ring (bicyclic) bond motifs is 2. The molecule has 4 atom stereocenters. The highest BCUT2D eigenvalue weighted by Crippen LogP contribution is 2.62. The van der Waals surface area contributed by atoms with E-state index in [1.807, 2.05) is 121 Å². The van der Waals surface area contributed by atoms with E-state index < -0.39 is 35.2 Å². The van der Waals surface area contributed by atoms with Gasteiger partial charge in [-0.3, -0.25) is 0 Å². The fraction of sp³-hybridized carbons (Fsp3) is 0.286. The van der Waals surface area contributed by atoms with Gasteiger partial charge in [0.25, 0.3) is 0 Å². The molecule has 50 heavy (non-hydrogen) atoms. The quantitative estimate of drug-likeness (QED) is 0.115. The molecule has 2 saturated heterocycles. The zero-order valence-electron chi connectivity index (χ0n) is 27.7. The molecule has 0 spiro atoms. The van der Waals surface area contributed by atoms with Crippen molar-refractivity contribution in [2.75, 3.05) is 13.2 Å². The highest BCUT2D eigenvalue weighted by molar-refractivity contribution is 5.85. The molecule has 8 nitrogen and oxygen atoms in total. The molecule has 0 saturated carbocycles. The predicted molar refractivity (Wildman–Crippen MR) is 183 cm³/mol. The van der Waals surface area contributed by atoms with Crippen molar-refractivity contribution in [2.24, 2.45) is 11.8 Å². The molecule has 0 N–H and O–H groups in total. The molecule has 8 heteroatoms. The average molecular weight is 671 g/mol. The second-order valence-corrected chi connectivity index (χ2v) is 13.2. The normalized spacial score (nSPS) is 25.6. The van der Waals surface area contributed by atoms with Crippen molar-refractivity contribution >= 4 is 11.9 Å². The molecule has 4 aliphatic heterocycles. The maximum absolute atomic E-state index is 12.7. The molecule has 4 heterocycles. The lowest BCUT2D eigenvalue weighted by Gasteiger charge is -2.61. The Balaban J connectivity index is 0.923. The Hall–Kier alpha value is -5.18. The molecule has 254 valence electrons. The highest BCUT2D eigenvalue weighted by atomic mass is 16.8.